The summed E-state index contributed by atoms with van der Waals surface area (Å²) in [6.07, 6.45) is 14.2. The van der Waals surface area contributed by atoms with Gasteiger partial charge in [0.05, 0.1) is 12.7 Å². The topological polar surface area (TPSA) is 21.3 Å². The molecule has 1 N–H and O–H groups in total. The standard InChI is InChI=1S/C18H37NOS/c1-3-5-6-7-8-9-10-11-12-17(19-13-4-2)18-16-21-15-14-20-18/h17-19H,3-16H2,1-2H3. The molecule has 1 aliphatic rings. The fraction of sp³-hybridized carbons (Fsp3) is 1.00. The van der Waals surface area contributed by atoms with E-state index in [1.54, 1.807) is 0 Å². The van der Waals surface area contributed by atoms with Crippen LogP contribution in [0.25, 0.3) is 0 Å². The van der Waals surface area contributed by atoms with Crippen LogP contribution in [0.15, 0.2) is 0 Å². The maximum atomic E-state index is 5.98. The van der Waals surface area contributed by atoms with Gasteiger partial charge in [0.2, 0.25) is 0 Å². The van der Waals surface area contributed by atoms with E-state index in [1.807, 2.05) is 0 Å². The quantitative estimate of drug-likeness (QED) is 0.482. The first-order valence-corrected chi connectivity index (χ1v) is 10.5. The van der Waals surface area contributed by atoms with Gasteiger partial charge < -0.3 is 10.1 Å². The number of nitrogens with one attached hydrogen (secondary N) is 1. The Bertz CT molecular complexity index is 219. The van der Waals surface area contributed by atoms with Gasteiger partial charge in [-0.3, -0.25) is 0 Å². The Balaban J connectivity index is 2.08. The third kappa shape index (κ3) is 9.80. The van der Waals surface area contributed by atoms with E-state index in [0.29, 0.717) is 12.1 Å². The van der Waals surface area contributed by atoms with Gasteiger partial charge in [0.15, 0.2) is 0 Å². The van der Waals surface area contributed by atoms with E-state index in [2.05, 4.69) is 30.9 Å². The van der Waals surface area contributed by atoms with Crippen LogP contribution in [0.2, 0.25) is 0 Å². The summed E-state index contributed by atoms with van der Waals surface area (Å²) in [7, 11) is 0. The molecule has 126 valence electrons. The number of thioether (sulfide) groups is 1. The fourth-order valence-electron chi connectivity index (χ4n) is 2.99. The molecule has 21 heavy (non-hydrogen) atoms. The summed E-state index contributed by atoms with van der Waals surface area (Å²) >= 11 is 2.05. The van der Waals surface area contributed by atoms with E-state index in [1.165, 1.54) is 75.7 Å². The molecular formula is C18H37NOS. The van der Waals surface area contributed by atoms with E-state index >= 15 is 0 Å². The van der Waals surface area contributed by atoms with Crippen LogP contribution in [0.4, 0.5) is 0 Å². The van der Waals surface area contributed by atoms with Crippen LogP contribution in [-0.4, -0.2) is 36.8 Å². The Morgan fingerprint density at radius 1 is 1.00 bits per heavy atom. The van der Waals surface area contributed by atoms with Crippen LogP contribution < -0.4 is 5.32 Å². The molecule has 1 aliphatic heterocycles. The van der Waals surface area contributed by atoms with Crippen LogP contribution in [-0.2, 0) is 4.74 Å². The summed E-state index contributed by atoms with van der Waals surface area (Å²) in [5, 5.41) is 3.72. The largest absolute Gasteiger partial charge is 0.375 e. The zero-order valence-corrected chi connectivity index (χ0v) is 15.2. The molecule has 1 fully saturated rings. The predicted octanol–water partition coefficient (Wildman–Crippen LogP) is 5.02. The minimum Gasteiger partial charge on any atom is -0.375 e. The highest BCUT2D eigenvalue weighted by Gasteiger charge is 2.23. The molecule has 0 aromatic carbocycles. The molecule has 0 aromatic rings. The Hall–Kier alpha value is 0.270. The maximum Gasteiger partial charge on any atom is 0.0818 e. The van der Waals surface area contributed by atoms with Crippen molar-refractivity contribution in [1.82, 2.24) is 5.32 Å². The lowest BCUT2D eigenvalue weighted by Gasteiger charge is -2.31. The summed E-state index contributed by atoms with van der Waals surface area (Å²) in [6, 6.07) is 0.581. The van der Waals surface area contributed by atoms with Crippen molar-refractivity contribution in [3.8, 4) is 0 Å². The van der Waals surface area contributed by atoms with Crippen molar-refractivity contribution in [3.05, 3.63) is 0 Å². The second-order valence-electron chi connectivity index (χ2n) is 6.31. The predicted molar refractivity (Wildman–Crippen MR) is 96.4 cm³/mol. The van der Waals surface area contributed by atoms with Gasteiger partial charge in [-0.15, -0.1) is 0 Å². The molecule has 2 unspecified atom stereocenters. The molecule has 1 rings (SSSR count). The molecule has 1 heterocycles. The summed E-state index contributed by atoms with van der Waals surface area (Å²) in [5.41, 5.74) is 0. The molecule has 0 saturated carbocycles. The minimum atomic E-state index is 0.444. The maximum absolute atomic E-state index is 5.98. The Morgan fingerprint density at radius 3 is 2.33 bits per heavy atom. The van der Waals surface area contributed by atoms with Crippen molar-refractivity contribution in [2.75, 3.05) is 24.7 Å². The molecule has 0 amide bonds. The zero-order chi connectivity index (χ0) is 15.2. The first kappa shape index (κ1) is 19.3. The third-order valence-electron chi connectivity index (χ3n) is 4.32. The van der Waals surface area contributed by atoms with E-state index in [-0.39, 0.29) is 0 Å². The van der Waals surface area contributed by atoms with Crippen molar-refractivity contribution in [2.24, 2.45) is 0 Å². The van der Waals surface area contributed by atoms with E-state index in [9.17, 15) is 0 Å². The molecule has 2 atom stereocenters. The Labute approximate surface area is 137 Å². The van der Waals surface area contributed by atoms with Crippen molar-refractivity contribution in [2.45, 2.75) is 90.2 Å². The van der Waals surface area contributed by atoms with Crippen LogP contribution in [0.5, 0.6) is 0 Å². The first-order chi connectivity index (χ1) is 10.4. The molecule has 2 nitrogen and oxygen atoms in total. The lowest BCUT2D eigenvalue weighted by Crippen LogP contribution is -2.45. The lowest BCUT2D eigenvalue weighted by molar-refractivity contribution is 0.0441. The molecule has 0 aliphatic carbocycles. The molecule has 0 spiro atoms. The molecule has 0 bridgehead atoms. The highest BCUT2D eigenvalue weighted by Crippen LogP contribution is 2.19. The second-order valence-corrected chi connectivity index (χ2v) is 7.46. The average Bonchev–Trinajstić information content (AvgIpc) is 2.53. The van der Waals surface area contributed by atoms with Crippen LogP contribution in [0, 0.1) is 0 Å². The summed E-state index contributed by atoms with van der Waals surface area (Å²) in [4.78, 5) is 0. The van der Waals surface area contributed by atoms with Gasteiger partial charge in [-0.2, -0.15) is 11.8 Å². The van der Waals surface area contributed by atoms with Gasteiger partial charge >= 0.3 is 0 Å². The van der Waals surface area contributed by atoms with Crippen LogP contribution in [0.1, 0.15) is 78.1 Å². The number of rotatable bonds is 13. The van der Waals surface area contributed by atoms with E-state index < -0.39 is 0 Å². The third-order valence-corrected chi connectivity index (χ3v) is 5.34. The van der Waals surface area contributed by atoms with Crippen molar-refractivity contribution in [3.63, 3.8) is 0 Å². The van der Waals surface area contributed by atoms with Crippen molar-refractivity contribution in [1.29, 1.82) is 0 Å². The van der Waals surface area contributed by atoms with Gasteiger partial charge in [0.25, 0.3) is 0 Å². The van der Waals surface area contributed by atoms with Crippen molar-refractivity contribution < 1.29 is 4.74 Å². The summed E-state index contributed by atoms with van der Waals surface area (Å²) in [5.74, 6) is 2.35. The van der Waals surface area contributed by atoms with Gasteiger partial charge in [-0.25, -0.2) is 0 Å². The fourth-order valence-corrected chi connectivity index (χ4v) is 3.93. The highest BCUT2D eigenvalue weighted by atomic mass is 32.2. The van der Waals surface area contributed by atoms with E-state index in [4.69, 9.17) is 4.74 Å². The SMILES string of the molecule is CCCCCCCCCCC(NCCC)C1CSCCO1. The molecule has 0 radical (unpaired) electrons. The summed E-state index contributed by atoms with van der Waals surface area (Å²) < 4.78 is 5.98. The van der Waals surface area contributed by atoms with Crippen LogP contribution >= 0.6 is 11.8 Å². The molecule has 1 saturated heterocycles. The molecule has 3 heteroatoms. The summed E-state index contributed by atoms with van der Waals surface area (Å²) in [6.45, 7) is 6.61. The lowest BCUT2D eigenvalue weighted by atomic mass is 10.0. The normalized spacial score (nSPS) is 20.6. The molecule has 0 aromatic heterocycles. The Kier molecular flexibility index (Phi) is 12.8. The molecular weight excluding hydrogens is 278 g/mol. The zero-order valence-electron chi connectivity index (χ0n) is 14.4. The van der Waals surface area contributed by atoms with Crippen LogP contribution in [0.3, 0.4) is 0 Å². The number of unbranched alkanes of at least 4 members (excludes halogenated alkanes) is 7. The smallest absolute Gasteiger partial charge is 0.0818 e. The van der Waals surface area contributed by atoms with Gasteiger partial charge in [0.1, 0.15) is 0 Å². The van der Waals surface area contributed by atoms with Gasteiger partial charge in [0, 0.05) is 17.5 Å². The van der Waals surface area contributed by atoms with Gasteiger partial charge in [-0.1, -0.05) is 65.2 Å². The number of hydrogen-bond donors (Lipinski definition) is 1. The number of ether oxygens (including phenoxy) is 1. The second kappa shape index (κ2) is 13.9. The Morgan fingerprint density at radius 2 is 1.71 bits per heavy atom. The highest BCUT2D eigenvalue weighted by molar-refractivity contribution is 7.99. The van der Waals surface area contributed by atoms with Crippen molar-refractivity contribution >= 4 is 11.8 Å². The monoisotopic (exact) mass is 315 g/mol. The van der Waals surface area contributed by atoms with E-state index in [0.717, 1.165) is 13.2 Å². The first-order valence-electron chi connectivity index (χ1n) is 9.31. The average molecular weight is 316 g/mol. The minimum absolute atomic E-state index is 0.444. The van der Waals surface area contributed by atoms with Gasteiger partial charge in [-0.05, 0) is 19.4 Å². The number of hydrogen-bond acceptors (Lipinski definition) is 3.